The molecule has 0 radical (unpaired) electrons. The van der Waals surface area contributed by atoms with Crippen molar-refractivity contribution >= 4 is 32.1 Å². The van der Waals surface area contributed by atoms with E-state index in [-0.39, 0.29) is 16.9 Å². The molecule has 11 heteroatoms. The van der Waals surface area contributed by atoms with Crippen LogP contribution in [0.3, 0.4) is 0 Å². The van der Waals surface area contributed by atoms with Gasteiger partial charge in [0.05, 0.1) is 23.2 Å². The predicted octanol–water partition coefficient (Wildman–Crippen LogP) is 5.97. The summed E-state index contributed by atoms with van der Waals surface area (Å²) in [6, 6.07) is 10.9. The highest BCUT2D eigenvalue weighted by molar-refractivity contribution is 7.90. The lowest BCUT2D eigenvalue weighted by Gasteiger charge is -2.38. The maximum Gasteiger partial charge on any atom is 0.406 e. The van der Waals surface area contributed by atoms with Gasteiger partial charge in [-0.25, -0.2) is 8.42 Å². The van der Waals surface area contributed by atoms with Crippen LogP contribution < -0.4 is 15.4 Å². The molecular weight excluding hydrogens is 553 g/mol. The van der Waals surface area contributed by atoms with Crippen LogP contribution in [0.1, 0.15) is 37.7 Å². The van der Waals surface area contributed by atoms with Crippen LogP contribution in [0.5, 0.6) is 5.75 Å². The van der Waals surface area contributed by atoms with Gasteiger partial charge in [-0.3, -0.25) is 0 Å². The minimum atomic E-state index is -4.30. The molecule has 5 rings (SSSR count). The van der Waals surface area contributed by atoms with E-state index in [0.29, 0.717) is 35.3 Å². The maximum atomic E-state index is 13.4. The van der Waals surface area contributed by atoms with E-state index in [4.69, 9.17) is 4.74 Å². The zero-order valence-electron chi connectivity index (χ0n) is 24.0. The van der Waals surface area contributed by atoms with Gasteiger partial charge in [0.2, 0.25) is 0 Å². The number of methoxy groups -OCH3 is 1. The second-order valence-electron chi connectivity index (χ2n) is 11.9. The fourth-order valence-corrected chi connectivity index (χ4v) is 6.90. The predicted molar refractivity (Wildman–Crippen MR) is 157 cm³/mol. The Morgan fingerprint density at radius 1 is 1.10 bits per heavy atom. The van der Waals surface area contributed by atoms with Gasteiger partial charge in [-0.05, 0) is 92.6 Å². The number of rotatable bonds is 9. The van der Waals surface area contributed by atoms with E-state index in [1.807, 2.05) is 6.07 Å². The zero-order chi connectivity index (χ0) is 29.5. The van der Waals surface area contributed by atoms with Gasteiger partial charge in [-0.1, -0.05) is 6.92 Å². The van der Waals surface area contributed by atoms with Crippen LogP contribution in [0.4, 0.5) is 24.5 Å². The number of sulfone groups is 1. The van der Waals surface area contributed by atoms with Gasteiger partial charge in [-0.15, -0.1) is 0 Å². The molecule has 2 unspecified atom stereocenters. The largest absolute Gasteiger partial charge is 0.495 e. The van der Waals surface area contributed by atoms with E-state index >= 15 is 0 Å². The van der Waals surface area contributed by atoms with Crippen molar-refractivity contribution in [2.75, 3.05) is 50.7 Å². The van der Waals surface area contributed by atoms with Gasteiger partial charge in [0.25, 0.3) is 0 Å². The number of fused-ring (bicyclic) bond motifs is 1. The average molecular weight is 593 g/mol. The first kappa shape index (κ1) is 29.6. The van der Waals surface area contributed by atoms with Crippen molar-refractivity contribution in [3.05, 3.63) is 48.2 Å². The Labute approximate surface area is 240 Å². The van der Waals surface area contributed by atoms with Crippen molar-refractivity contribution < 1.29 is 26.3 Å². The van der Waals surface area contributed by atoms with Gasteiger partial charge in [0.15, 0.2) is 9.84 Å². The summed E-state index contributed by atoms with van der Waals surface area (Å²) in [7, 11) is 0.308. The molecule has 3 aromatic rings. The summed E-state index contributed by atoms with van der Waals surface area (Å²) in [6.07, 6.45) is 1.16. The number of ether oxygens (including phenoxy) is 1. The van der Waals surface area contributed by atoms with E-state index < -0.39 is 22.6 Å². The van der Waals surface area contributed by atoms with E-state index in [2.05, 4.69) is 35.6 Å². The average Bonchev–Trinajstić information content (AvgIpc) is 3.25. The number of likely N-dealkylation sites (tertiary alicyclic amines) is 1. The number of hydrogen-bond donors (Lipinski definition) is 2. The second-order valence-corrected chi connectivity index (χ2v) is 13.9. The van der Waals surface area contributed by atoms with Crippen LogP contribution in [0.2, 0.25) is 0 Å². The molecule has 1 aliphatic heterocycles. The Bertz CT molecular complexity index is 1500. The lowest BCUT2D eigenvalue weighted by molar-refractivity contribution is -0.139. The third-order valence-corrected chi connectivity index (χ3v) is 9.71. The van der Waals surface area contributed by atoms with Crippen molar-refractivity contribution in [1.29, 1.82) is 0 Å². The normalized spacial score (nSPS) is 23.8. The summed E-state index contributed by atoms with van der Waals surface area (Å²) in [5.74, 6) is 1.57. The number of aromatic nitrogens is 1. The quantitative estimate of drug-likeness (QED) is 0.319. The van der Waals surface area contributed by atoms with Crippen LogP contribution in [-0.2, 0) is 16.4 Å². The van der Waals surface area contributed by atoms with E-state index in [1.165, 1.54) is 23.1 Å². The molecule has 0 bridgehead atoms. The maximum absolute atomic E-state index is 13.4. The number of benzene rings is 2. The number of alkyl halides is 3. The van der Waals surface area contributed by atoms with E-state index in [9.17, 15) is 21.6 Å². The molecule has 41 heavy (non-hydrogen) atoms. The number of nitrogens with one attached hydrogen (secondary N) is 2. The molecule has 0 spiro atoms. The molecule has 1 aromatic heterocycles. The van der Waals surface area contributed by atoms with E-state index in [1.54, 1.807) is 25.3 Å². The Hall–Kier alpha value is -2.92. The molecule has 2 atom stereocenters. The number of anilines is 2. The third-order valence-electron chi connectivity index (χ3n) is 8.60. The molecule has 2 N–H and O–H groups in total. The Morgan fingerprint density at radius 2 is 1.85 bits per heavy atom. The first-order valence-corrected chi connectivity index (χ1v) is 16.0. The van der Waals surface area contributed by atoms with E-state index in [0.717, 1.165) is 49.0 Å². The van der Waals surface area contributed by atoms with Crippen LogP contribution in [0, 0.1) is 11.8 Å². The molecule has 0 amide bonds. The Kier molecular flexibility index (Phi) is 8.22. The summed E-state index contributed by atoms with van der Waals surface area (Å²) < 4.78 is 70.9. The molecule has 2 aliphatic rings. The van der Waals surface area contributed by atoms with Crippen LogP contribution in [-0.4, -0.2) is 70.2 Å². The zero-order valence-corrected chi connectivity index (χ0v) is 24.8. The molecular formula is C30H39F3N4O3S. The fourth-order valence-electron chi connectivity index (χ4n) is 6.26. The topological polar surface area (TPSA) is 75.6 Å². The number of piperidine rings is 1. The first-order chi connectivity index (χ1) is 19.3. The van der Waals surface area contributed by atoms with Crippen LogP contribution in [0.25, 0.3) is 10.9 Å². The van der Waals surface area contributed by atoms with Crippen molar-refractivity contribution in [3.8, 4) is 5.75 Å². The minimum absolute atomic E-state index is 0.224. The fraction of sp³-hybridized carbons (Fsp3) is 0.533. The van der Waals surface area contributed by atoms with Crippen molar-refractivity contribution in [1.82, 2.24) is 9.47 Å². The van der Waals surface area contributed by atoms with Gasteiger partial charge in [0.1, 0.15) is 12.3 Å². The monoisotopic (exact) mass is 592 g/mol. The highest BCUT2D eigenvalue weighted by Gasteiger charge is 2.33. The smallest absolute Gasteiger partial charge is 0.406 e. The summed E-state index contributed by atoms with van der Waals surface area (Å²) in [4.78, 5) is 2.53. The summed E-state index contributed by atoms with van der Waals surface area (Å²) in [5, 5.41) is 7.87. The Morgan fingerprint density at radius 3 is 2.51 bits per heavy atom. The molecule has 2 fully saturated rings. The van der Waals surface area contributed by atoms with Gasteiger partial charge in [-0.2, -0.15) is 13.2 Å². The van der Waals surface area contributed by atoms with Gasteiger partial charge >= 0.3 is 6.18 Å². The molecule has 2 heterocycles. The highest BCUT2D eigenvalue weighted by Crippen LogP contribution is 2.44. The van der Waals surface area contributed by atoms with Crippen molar-refractivity contribution in [2.24, 2.45) is 11.8 Å². The standard InChI is InChI=1S/C30H39F3N4O3S/c1-19-17-36(2)9-8-25(19)35-26-13-22(14-28-24(26)7-10-37(28)18-30(31,32)33)21-11-20(12-21)16-34-27-15-23(41(4,38)39)5-6-29(27)40-3/h5-7,10,13-15,19-21,25,34-35H,8-9,11-12,16-18H2,1-4H3. The first-order valence-electron chi connectivity index (χ1n) is 14.1. The lowest BCUT2D eigenvalue weighted by Crippen LogP contribution is -2.43. The van der Waals surface area contributed by atoms with Gasteiger partial charge < -0.3 is 24.8 Å². The lowest BCUT2D eigenvalue weighted by atomic mass is 9.71. The molecule has 1 aliphatic carbocycles. The second kappa shape index (κ2) is 11.4. The molecule has 2 aromatic carbocycles. The number of nitrogens with zero attached hydrogens (tertiary/aromatic N) is 2. The SMILES string of the molecule is COc1ccc(S(C)(=O)=O)cc1NCC1CC(c2cc(NC3CCN(C)CC3C)c3ccn(CC(F)(F)F)c3c2)C1. The van der Waals surface area contributed by atoms with Crippen molar-refractivity contribution in [2.45, 2.75) is 55.8 Å². The summed E-state index contributed by atoms with van der Waals surface area (Å²) in [6.45, 7) is 3.80. The minimum Gasteiger partial charge on any atom is -0.495 e. The summed E-state index contributed by atoms with van der Waals surface area (Å²) in [5.41, 5.74) is 3.19. The third kappa shape index (κ3) is 6.77. The number of hydrogen-bond acceptors (Lipinski definition) is 6. The van der Waals surface area contributed by atoms with Gasteiger partial charge in [0, 0.05) is 42.7 Å². The Balaban J connectivity index is 1.34. The molecule has 7 nitrogen and oxygen atoms in total. The van der Waals surface area contributed by atoms with Crippen LogP contribution >= 0.6 is 0 Å². The van der Waals surface area contributed by atoms with Crippen molar-refractivity contribution in [3.63, 3.8) is 0 Å². The summed E-state index contributed by atoms with van der Waals surface area (Å²) >= 11 is 0. The number of halogens is 3. The highest BCUT2D eigenvalue weighted by atomic mass is 32.2. The molecule has 224 valence electrons. The van der Waals surface area contributed by atoms with Crippen LogP contribution in [0.15, 0.2) is 47.5 Å². The molecule has 1 saturated heterocycles. The molecule has 1 saturated carbocycles.